The third-order valence-corrected chi connectivity index (χ3v) is 6.67. The minimum absolute atomic E-state index is 0.209. The van der Waals surface area contributed by atoms with Gasteiger partial charge in [-0.25, -0.2) is 9.36 Å². The number of carbonyl (C=O) groups excluding carboxylic acids is 2. The number of carbonyl (C=O) groups is 2. The molecule has 0 saturated carbocycles. The van der Waals surface area contributed by atoms with E-state index in [9.17, 15) is 14.4 Å². The van der Waals surface area contributed by atoms with Crippen molar-refractivity contribution in [2.75, 3.05) is 13.1 Å². The molecule has 10 nitrogen and oxygen atoms in total. The van der Waals surface area contributed by atoms with E-state index in [4.69, 9.17) is 10.8 Å². The molecule has 0 spiro atoms. The summed E-state index contributed by atoms with van der Waals surface area (Å²) in [6.07, 6.45) is 4.76. The average Bonchev–Trinajstić information content (AvgIpc) is 3.54. The summed E-state index contributed by atoms with van der Waals surface area (Å²) in [6.45, 7) is 4.31. The highest BCUT2D eigenvalue weighted by atomic mass is 16.2. The van der Waals surface area contributed by atoms with Gasteiger partial charge in [-0.3, -0.25) is 14.4 Å². The van der Waals surface area contributed by atoms with Gasteiger partial charge >= 0.3 is 0 Å². The summed E-state index contributed by atoms with van der Waals surface area (Å²) >= 11 is 0. The lowest BCUT2D eigenvalue weighted by atomic mass is 9.96. The van der Waals surface area contributed by atoms with Crippen LogP contribution in [0, 0.1) is 12.8 Å². The largest absolute Gasteiger partial charge is 0.369 e. The van der Waals surface area contributed by atoms with Crippen LogP contribution in [0.25, 0.3) is 22.4 Å². The highest BCUT2D eigenvalue weighted by Gasteiger charge is 2.31. The molecule has 1 aromatic carbocycles. The number of primary amides is 1. The SMILES string of the molecule is Cc1nn(C(C)C(=O)N2CCC(C(N)=O)CC2)c(=O)c2c(-n3cccc3)n(-c3ccccc3)nc12. The molecule has 2 amide bonds. The van der Waals surface area contributed by atoms with Crippen LogP contribution in [0.4, 0.5) is 0 Å². The Morgan fingerprint density at radius 3 is 2.31 bits per heavy atom. The van der Waals surface area contributed by atoms with E-state index in [0.29, 0.717) is 48.3 Å². The standard InChI is InChI=1S/C25H27N7O3/c1-16-21-20(23(29-12-6-7-13-29)32(28-21)19-8-4-3-5-9-19)25(35)31(27-16)17(2)24(34)30-14-10-18(11-15-30)22(26)33/h3-9,12-13,17-18H,10-11,14-15H2,1-2H3,(H2,26,33). The molecule has 1 fully saturated rings. The van der Waals surface area contributed by atoms with Gasteiger partial charge < -0.3 is 15.2 Å². The second-order valence-electron chi connectivity index (χ2n) is 8.90. The number of hydrogen-bond donors (Lipinski definition) is 1. The summed E-state index contributed by atoms with van der Waals surface area (Å²) in [4.78, 5) is 40.3. The molecule has 10 heteroatoms. The van der Waals surface area contributed by atoms with E-state index in [0.717, 1.165) is 5.69 Å². The van der Waals surface area contributed by atoms with E-state index in [2.05, 4.69) is 5.10 Å². The van der Waals surface area contributed by atoms with Gasteiger partial charge in [0.1, 0.15) is 16.9 Å². The Labute approximate surface area is 201 Å². The number of fused-ring (bicyclic) bond motifs is 1. The molecule has 0 radical (unpaired) electrons. The number of benzene rings is 1. The number of nitrogens with zero attached hydrogens (tertiary/aromatic N) is 6. The molecular formula is C25H27N7O3. The molecule has 1 aliphatic heterocycles. The van der Waals surface area contributed by atoms with Gasteiger partial charge in [-0.2, -0.15) is 10.2 Å². The van der Waals surface area contributed by atoms with Crippen LogP contribution in [0.2, 0.25) is 0 Å². The Bertz CT molecular complexity index is 1450. The molecule has 4 heterocycles. The van der Waals surface area contributed by atoms with Gasteiger partial charge in [0.2, 0.25) is 11.8 Å². The van der Waals surface area contributed by atoms with Crippen molar-refractivity contribution in [1.82, 2.24) is 29.0 Å². The van der Waals surface area contributed by atoms with E-state index < -0.39 is 6.04 Å². The number of para-hydroxylation sites is 1. The second kappa shape index (κ2) is 8.86. The van der Waals surface area contributed by atoms with Crippen molar-refractivity contribution in [2.24, 2.45) is 11.7 Å². The second-order valence-corrected chi connectivity index (χ2v) is 8.90. The monoisotopic (exact) mass is 473 g/mol. The number of piperidine rings is 1. The van der Waals surface area contributed by atoms with E-state index in [1.807, 2.05) is 59.4 Å². The maximum absolute atomic E-state index is 13.8. The van der Waals surface area contributed by atoms with E-state index >= 15 is 0 Å². The quantitative estimate of drug-likeness (QED) is 0.475. The zero-order chi connectivity index (χ0) is 24.7. The fraction of sp³-hybridized carbons (Fsp3) is 0.320. The van der Waals surface area contributed by atoms with Gasteiger partial charge in [0.25, 0.3) is 5.56 Å². The van der Waals surface area contributed by atoms with Crippen molar-refractivity contribution in [3.8, 4) is 11.5 Å². The molecule has 0 bridgehead atoms. The lowest BCUT2D eigenvalue weighted by Gasteiger charge is -2.32. The predicted molar refractivity (Wildman–Crippen MR) is 130 cm³/mol. The maximum atomic E-state index is 13.8. The molecule has 0 aliphatic carbocycles. The molecule has 1 unspecified atom stereocenters. The molecule has 1 atom stereocenters. The predicted octanol–water partition coefficient (Wildman–Crippen LogP) is 1.97. The van der Waals surface area contributed by atoms with Crippen LogP contribution in [-0.2, 0) is 9.59 Å². The number of aromatic nitrogens is 5. The molecule has 5 rings (SSSR count). The van der Waals surface area contributed by atoms with Gasteiger partial charge in [0.05, 0.1) is 11.4 Å². The lowest BCUT2D eigenvalue weighted by molar-refractivity contribution is -0.137. The number of likely N-dealkylation sites (tertiary alicyclic amines) is 1. The Morgan fingerprint density at radius 2 is 1.69 bits per heavy atom. The van der Waals surface area contributed by atoms with E-state index in [-0.39, 0.29) is 23.3 Å². The molecular weight excluding hydrogens is 446 g/mol. The minimum atomic E-state index is -0.812. The van der Waals surface area contributed by atoms with Crippen molar-refractivity contribution in [1.29, 1.82) is 0 Å². The van der Waals surface area contributed by atoms with Crippen LogP contribution in [0.1, 0.15) is 31.5 Å². The maximum Gasteiger partial charge on any atom is 0.280 e. The molecule has 35 heavy (non-hydrogen) atoms. The van der Waals surface area contributed by atoms with Crippen LogP contribution < -0.4 is 11.3 Å². The fourth-order valence-corrected chi connectivity index (χ4v) is 4.71. The smallest absolute Gasteiger partial charge is 0.280 e. The van der Waals surface area contributed by atoms with Crippen LogP contribution in [0.5, 0.6) is 0 Å². The third kappa shape index (κ3) is 3.90. The van der Waals surface area contributed by atoms with Crippen molar-refractivity contribution in [3.05, 3.63) is 70.9 Å². The summed E-state index contributed by atoms with van der Waals surface area (Å²) in [7, 11) is 0. The van der Waals surface area contributed by atoms with Crippen LogP contribution in [-0.4, -0.2) is 53.9 Å². The highest BCUT2D eigenvalue weighted by molar-refractivity contribution is 5.88. The topological polar surface area (TPSA) is 121 Å². The molecule has 1 saturated heterocycles. The number of hydrogen-bond acceptors (Lipinski definition) is 5. The number of aryl methyl sites for hydroxylation is 1. The van der Waals surface area contributed by atoms with Crippen molar-refractivity contribution >= 4 is 22.7 Å². The van der Waals surface area contributed by atoms with Crippen molar-refractivity contribution < 1.29 is 9.59 Å². The number of nitrogens with two attached hydrogens (primary N) is 1. The molecule has 1 aliphatic rings. The first-order valence-corrected chi connectivity index (χ1v) is 11.7. The Balaban J connectivity index is 1.60. The Morgan fingerprint density at radius 1 is 1.03 bits per heavy atom. The van der Waals surface area contributed by atoms with Crippen molar-refractivity contribution in [2.45, 2.75) is 32.7 Å². The number of amides is 2. The minimum Gasteiger partial charge on any atom is -0.369 e. The first-order valence-electron chi connectivity index (χ1n) is 11.7. The third-order valence-electron chi connectivity index (χ3n) is 6.67. The highest BCUT2D eigenvalue weighted by Crippen LogP contribution is 2.26. The zero-order valence-electron chi connectivity index (χ0n) is 19.7. The molecule has 3 aromatic heterocycles. The first kappa shape index (κ1) is 22.6. The van der Waals surface area contributed by atoms with Gasteiger partial charge in [-0.1, -0.05) is 18.2 Å². The van der Waals surface area contributed by atoms with E-state index in [1.165, 1.54) is 4.68 Å². The fourth-order valence-electron chi connectivity index (χ4n) is 4.71. The van der Waals surface area contributed by atoms with Crippen LogP contribution in [0.3, 0.4) is 0 Å². The first-order chi connectivity index (χ1) is 16.9. The normalized spacial score (nSPS) is 15.4. The molecule has 4 aromatic rings. The lowest BCUT2D eigenvalue weighted by Crippen LogP contribution is -2.45. The zero-order valence-corrected chi connectivity index (χ0v) is 19.7. The summed E-state index contributed by atoms with van der Waals surface area (Å²) in [5.41, 5.74) is 6.88. The van der Waals surface area contributed by atoms with E-state index in [1.54, 1.807) is 23.4 Å². The Hall–Kier alpha value is -4.21. The molecule has 2 N–H and O–H groups in total. The summed E-state index contributed by atoms with van der Waals surface area (Å²) < 4.78 is 4.82. The van der Waals surface area contributed by atoms with Crippen LogP contribution in [0.15, 0.2) is 59.7 Å². The Kier molecular flexibility index (Phi) is 5.72. The van der Waals surface area contributed by atoms with Crippen LogP contribution >= 0.6 is 0 Å². The summed E-state index contributed by atoms with van der Waals surface area (Å²) in [6, 6.07) is 12.5. The summed E-state index contributed by atoms with van der Waals surface area (Å²) in [5, 5.41) is 9.62. The average molecular weight is 474 g/mol. The van der Waals surface area contributed by atoms with Gasteiger partial charge in [-0.15, -0.1) is 0 Å². The van der Waals surface area contributed by atoms with Crippen molar-refractivity contribution in [3.63, 3.8) is 0 Å². The summed E-state index contributed by atoms with van der Waals surface area (Å²) in [5.74, 6) is -0.180. The number of rotatable bonds is 5. The van der Waals surface area contributed by atoms with Gasteiger partial charge in [0.15, 0.2) is 5.82 Å². The molecule has 180 valence electrons. The van der Waals surface area contributed by atoms with Gasteiger partial charge in [-0.05, 0) is 51.0 Å². The van der Waals surface area contributed by atoms with Gasteiger partial charge in [0, 0.05) is 31.4 Å².